The van der Waals surface area contributed by atoms with Crippen LogP contribution in [0, 0.1) is 0 Å². The molecule has 0 heterocycles. The first kappa shape index (κ1) is 31.9. The van der Waals surface area contributed by atoms with Crippen molar-refractivity contribution in [1.82, 2.24) is 0 Å². The molecule has 0 aromatic heterocycles. The second-order valence-electron chi connectivity index (χ2n) is 8.93. The van der Waals surface area contributed by atoms with Crippen LogP contribution in [-0.4, -0.2) is 47.8 Å². The smallest absolute Gasteiger partial charge is 0.349 e. The summed E-state index contributed by atoms with van der Waals surface area (Å²) in [6, 6.07) is 0. The van der Waals surface area contributed by atoms with Gasteiger partial charge in [-0.05, 0) is 12.8 Å². The summed E-state index contributed by atoms with van der Waals surface area (Å²) in [5, 5.41) is 9.70. The zero-order valence-electron chi connectivity index (χ0n) is 21.5. The van der Waals surface area contributed by atoms with Gasteiger partial charge in [0.05, 0.1) is 26.1 Å². The molecular weight excluding hydrogens is 440 g/mol. The van der Waals surface area contributed by atoms with E-state index < -0.39 is 42.3 Å². The number of carbonyl (C=O) groups is 4. The molecule has 1 unspecified atom stereocenters. The molecule has 0 bridgehead atoms. The highest BCUT2D eigenvalue weighted by molar-refractivity contribution is 5.91. The Balaban J connectivity index is 4.53. The molecule has 8 nitrogen and oxygen atoms in total. The van der Waals surface area contributed by atoms with Gasteiger partial charge in [0.15, 0.2) is 0 Å². The average Bonchev–Trinajstić information content (AvgIpc) is 2.76. The maximum absolute atomic E-state index is 12.3. The molecule has 0 aliphatic carbocycles. The summed E-state index contributed by atoms with van der Waals surface area (Å²) >= 11 is 0. The van der Waals surface area contributed by atoms with Gasteiger partial charge in [-0.25, -0.2) is 4.79 Å². The van der Waals surface area contributed by atoms with E-state index in [4.69, 9.17) is 14.2 Å². The van der Waals surface area contributed by atoms with Crippen molar-refractivity contribution in [2.24, 2.45) is 0 Å². The van der Waals surface area contributed by atoms with Crippen molar-refractivity contribution in [3.63, 3.8) is 0 Å². The Bertz CT molecular complexity index is 589. The number of hydrogen-bond donors (Lipinski definition) is 1. The number of carboxylic acid groups (broad SMARTS) is 1. The molecule has 0 aromatic carbocycles. The van der Waals surface area contributed by atoms with Crippen molar-refractivity contribution in [3.05, 3.63) is 0 Å². The van der Waals surface area contributed by atoms with E-state index in [0.717, 1.165) is 51.9 Å². The van der Waals surface area contributed by atoms with Gasteiger partial charge < -0.3 is 19.3 Å². The van der Waals surface area contributed by atoms with E-state index >= 15 is 0 Å². The Kier molecular flexibility index (Phi) is 19.0. The van der Waals surface area contributed by atoms with Crippen LogP contribution in [0.5, 0.6) is 0 Å². The monoisotopic (exact) mass is 486 g/mol. The molecule has 0 amide bonds. The lowest BCUT2D eigenvalue weighted by Crippen LogP contribution is -2.47. The van der Waals surface area contributed by atoms with E-state index in [0.29, 0.717) is 12.8 Å². The molecule has 0 aliphatic heterocycles. The van der Waals surface area contributed by atoms with Crippen LogP contribution in [-0.2, 0) is 33.4 Å². The maximum Gasteiger partial charge on any atom is 0.349 e. The van der Waals surface area contributed by atoms with E-state index in [2.05, 4.69) is 13.8 Å². The first-order chi connectivity index (χ1) is 16.3. The van der Waals surface area contributed by atoms with Gasteiger partial charge in [0.2, 0.25) is 5.60 Å². The average molecular weight is 487 g/mol. The summed E-state index contributed by atoms with van der Waals surface area (Å²) in [6.07, 6.45) is 13.2. The standard InChI is InChI=1S/C26H46O8/c1-4-6-8-10-12-13-15-17-19-33-24(29)21-26(25(30)31,34-22(3)27)20-23(28)32-18-16-14-11-9-7-5-2/h4-21H2,1-3H3,(H,30,31). The quantitative estimate of drug-likeness (QED) is 0.117. The molecule has 34 heavy (non-hydrogen) atoms. The van der Waals surface area contributed by atoms with Gasteiger partial charge in [0.1, 0.15) is 0 Å². The molecule has 1 N–H and O–H groups in total. The number of ether oxygens (including phenoxy) is 3. The third kappa shape index (κ3) is 16.5. The molecule has 0 rings (SSSR count). The zero-order valence-corrected chi connectivity index (χ0v) is 21.5. The predicted molar refractivity (Wildman–Crippen MR) is 129 cm³/mol. The van der Waals surface area contributed by atoms with Crippen LogP contribution in [0.3, 0.4) is 0 Å². The van der Waals surface area contributed by atoms with Crippen LogP contribution in [0.15, 0.2) is 0 Å². The van der Waals surface area contributed by atoms with Gasteiger partial charge in [-0.1, -0.05) is 90.9 Å². The fourth-order valence-electron chi connectivity index (χ4n) is 3.66. The van der Waals surface area contributed by atoms with E-state index in [9.17, 15) is 24.3 Å². The van der Waals surface area contributed by atoms with Crippen LogP contribution < -0.4 is 0 Å². The Labute approximate surface area is 205 Å². The number of carboxylic acids is 1. The second kappa shape index (κ2) is 20.3. The van der Waals surface area contributed by atoms with Gasteiger partial charge >= 0.3 is 23.9 Å². The number of unbranched alkanes of at least 4 members (excludes halogenated alkanes) is 12. The highest BCUT2D eigenvalue weighted by atomic mass is 16.6. The van der Waals surface area contributed by atoms with E-state index in [1.54, 1.807) is 0 Å². The summed E-state index contributed by atoms with van der Waals surface area (Å²) in [7, 11) is 0. The molecule has 0 radical (unpaired) electrons. The predicted octanol–water partition coefficient (Wildman–Crippen LogP) is 5.74. The molecule has 8 heteroatoms. The number of carbonyl (C=O) groups excluding carboxylic acids is 3. The minimum absolute atomic E-state index is 0.156. The van der Waals surface area contributed by atoms with E-state index in [1.165, 1.54) is 32.1 Å². The summed E-state index contributed by atoms with van der Waals surface area (Å²) < 4.78 is 15.3. The van der Waals surface area contributed by atoms with Crippen LogP contribution in [0.2, 0.25) is 0 Å². The molecule has 0 spiro atoms. The normalized spacial score (nSPS) is 12.6. The highest BCUT2D eigenvalue weighted by Gasteiger charge is 2.47. The van der Waals surface area contributed by atoms with Gasteiger partial charge in [-0.15, -0.1) is 0 Å². The SMILES string of the molecule is CCCCCCCCCCOC(=O)CC(CC(=O)OCCCCCCCC)(OC(C)=O)C(=O)O. The molecule has 0 fully saturated rings. The Morgan fingerprint density at radius 1 is 0.618 bits per heavy atom. The van der Waals surface area contributed by atoms with Crippen molar-refractivity contribution in [2.45, 2.75) is 129 Å². The molecule has 0 saturated heterocycles. The van der Waals surface area contributed by atoms with Crippen molar-refractivity contribution >= 4 is 23.9 Å². The largest absolute Gasteiger partial charge is 0.478 e. The van der Waals surface area contributed by atoms with Crippen LogP contribution in [0.4, 0.5) is 0 Å². The fourth-order valence-corrected chi connectivity index (χ4v) is 3.66. The fraction of sp³-hybridized carbons (Fsp3) is 0.846. The first-order valence-electron chi connectivity index (χ1n) is 13.0. The first-order valence-corrected chi connectivity index (χ1v) is 13.0. The van der Waals surface area contributed by atoms with Crippen molar-refractivity contribution in [3.8, 4) is 0 Å². The highest BCUT2D eigenvalue weighted by Crippen LogP contribution is 2.24. The van der Waals surface area contributed by atoms with Crippen LogP contribution >= 0.6 is 0 Å². The zero-order chi connectivity index (χ0) is 25.7. The lowest BCUT2D eigenvalue weighted by Gasteiger charge is -2.27. The van der Waals surface area contributed by atoms with Gasteiger partial charge in [-0.3, -0.25) is 14.4 Å². The number of aliphatic carboxylic acids is 1. The lowest BCUT2D eigenvalue weighted by molar-refractivity contribution is -0.186. The van der Waals surface area contributed by atoms with Gasteiger partial charge in [-0.2, -0.15) is 0 Å². The minimum atomic E-state index is -2.33. The topological polar surface area (TPSA) is 116 Å². The lowest BCUT2D eigenvalue weighted by atomic mass is 9.95. The number of rotatable bonds is 22. The Morgan fingerprint density at radius 2 is 0.971 bits per heavy atom. The number of esters is 3. The molecule has 0 aromatic rings. The molecule has 0 saturated carbocycles. The molecular formula is C26H46O8. The second-order valence-corrected chi connectivity index (χ2v) is 8.93. The summed E-state index contributed by atoms with van der Waals surface area (Å²) in [4.78, 5) is 48.0. The van der Waals surface area contributed by atoms with Crippen molar-refractivity contribution in [1.29, 1.82) is 0 Å². The van der Waals surface area contributed by atoms with Crippen molar-refractivity contribution in [2.75, 3.05) is 13.2 Å². The summed E-state index contributed by atoms with van der Waals surface area (Å²) in [5.41, 5.74) is -2.33. The Morgan fingerprint density at radius 3 is 1.29 bits per heavy atom. The molecule has 198 valence electrons. The van der Waals surface area contributed by atoms with Gasteiger partial charge in [0, 0.05) is 6.92 Å². The van der Waals surface area contributed by atoms with Crippen LogP contribution in [0.1, 0.15) is 124 Å². The maximum atomic E-state index is 12.3. The summed E-state index contributed by atoms with van der Waals surface area (Å²) in [6.45, 7) is 5.65. The third-order valence-electron chi connectivity index (χ3n) is 5.61. The van der Waals surface area contributed by atoms with E-state index in [1.807, 2.05) is 0 Å². The van der Waals surface area contributed by atoms with Gasteiger partial charge in [0.25, 0.3) is 0 Å². The number of hydrogen-bond acceptors (Lipinski definition) is 7. The Hall–Kier alpha value is -2.12. The van der Waals surface area contributed by atoms with Crippen molar-refractivity contribution < 1.29 is 38.5 Å². The molecule has 0 aliphatic rings. The third-order valence-corrected chi connectivity index (χ3v) is 5.61. The van der Waals surface area contributed by atoms with Crippen LogP contribution in [0.25, 0.3) is 0 Å². The molecule has 1 atom stereocenters. The minimum Gasteiger partial charge on any atom is -0.478 e. The summed E-state index contributed by atoms with van der Waals surface area (Å²) in [5.74, 6) is -4.13. The van der Waals surface area contributed by atoms with E-state index in [-0.39, 0.29) is 13.2 Å².